The Morgan fingerprint density at radius 3 is 2.90 bits per heavy atom. The van der Waals surface area contributed by atoms with Gasteiger partial charge in [0, 0.05) is 51.4 Å². The minimum atomic E-state index is 0.173. The standard InChI is InChI=1S/C16H23N3O2/c1-12-4-3-5-14(17-12)10-18-8-13-9-19(6-7-21-2)16(20)15(13)11-18/h3-5,13,15H,6-11H2,1-2H3/t13-,15-/m0/s1. The maximum atomic E-state index is 12.4. The number of aromatic nitrogens is 1. The van der Waals surface area contributed by atoms with E-state index in [1.54, 1.807) is 7.11 Å². The molecule has 21 heavy (non-hydrogen) atoms. The number of nitrogens with zero attached hydrogens (tertiary/aromatic N) is 3. The van der Waals surface area contributed by atoms with Crippen molar-refractivity contribution < 1.29 is 9.53 Å². The number of fused-ring (bicyclic) bond motifs is 1. The van der Waals surface area contributed by atoms with E-state index in [1.165, 1.54) is 0 Å². The fourth-order valence-electron chi connectivity index (χ4n) is 3.48. The Hall–Kier alpha value is -1.46. The second kappa shape index (κ2) is 6.12. The molecule has 2 saturated heterocycles. The van der Waals surface area contributed by atoms with Crippen LogP contribution in [-0.4, -0.2) is 60.6 Å². The molecule has 2 fully saturated rings. The van der Waals surface area contributed by atoms with Crippen LogP contribution in [0.2, 0.25) is 0 Å². The van der Waals surface area contributed by atoms with Gasteiger partial charge in [-0.3, -0.25) is 14.7 Å². The zero-order valence-electron chi connectivity index (χ0n) is 12.8. The molecule has 0 saturated carbocycles. The second-order valence-electron chi connectivity index (χ2n) is 6.11. The van der Waals surface area contributed by atoms with Gasteiger partial charge in [-0.05, 0) is 19.1 Å². The average Bonchev–Trinajstić information content (AvgIpc) is 2.96. The number of hydrogen-bond donors (Lipinski definition) is 0. The summed E-state index contributed by atoms with van der Waals surface area (Å²) in [4.78, 5) is 21.2. The van der Waals surface area contributed by atoms with E-state index in [0.29, 0.717) is 18.4 Å². The van der Waals surface area contributed by atoms with E-state index in [9.17, 15) is 4.79 Å². The van der Waals surface area contributed by atoms with Crippen molar-refractivity contribution in [1.82, 2.24) is 14.8 Å². The van der Waals surface area contributed by atoms with Crippen molar-refractivity contribution in [2.75, 3.05) is 39.9 Å². The van der Waals surface area contributed by atoms with Crippen LogP contribution in [0.15, 0.2) is 18.2 Å². The van der Waals surface area contributed by atoms with E-state index in [-0.39, 0.29) is 5.92 Å². The van der Waals surface area contributed by atoms with E-state index in [1.807, 2.05) is 24.0 Å². The Labute approximate surface area is 125 Å². The van der Waals surface area contributed by atoms with E-state index in [4.69, 9.17) is 4.74 Å². The molecule has 5 heteroatoms. The zero-order chi connectivity index (χ0) is 14.8. The van der Waals surface area contributed by atoms with Gasteiger partial charge in [-0.1, -0.05) is 6.07 Å². The normalized spacial score (nSPS) is 25.6. The Morgan fingerprint density at radius 1 is 1.33 bits per heavy atom. The highest BCUT2D eigenvalue weighted by Crippen LogP contribution is 2.32. The van der Waals surface area contributed by atoms with Gasteiger partial charge in [-0.25, -0.2) is 0 Å². The van der Waals surface area contributed by atoms with Crippen LogP contribution in [0.4, 0.5) is 0 Å². The van der Waals surface area contributed by atoms with E-state index >= 15 is 0 Å². The number of carbonyl (C=O) groups excluding carboxylic acids is 1. The Bertz CT molecular complexity index is 520. The number of methoxy groups -OCH3 is 1. The fraction of sp³-hybridized carbons (Fsp3) is 0.625. The van der Waals surface area contributed by atoms with Crippen LogP contribution < -0.4 is 0 Å². The number of rotatable bonds is 5. The van der Waals surface area contributed by atoms with Gasteiger partial charge < -0.3 is 9.64 Å². The summed E-state index contributed by atoms with van der Waals surface area (Å²) in [5.41, 5.74) is 2.15. The molecule has 0 radical (unpaired) electrons. The summed E-state index contributed by atoms with van der Waals surface area (Å²) in [6, 6.07) is 6.12. The number of carbonyl (C=O) groups is 1. The number of ether oxygens (including phenoxy) is 1. The smallest absolute Gasteiger partial charge is 0.227 e. The lowest BCUT2D eigenvalue weighted by molar-refractivity contribution is -0.131. The van der Waals surface area contributed by atoms with Crippen LogP contribution in [0.1, 0.15) is 11.4 Å². The topological polar surface area (TPSA) is 45.7 Å². The number of pyridine rings is 1. The SMILES string of the molecule is COCCN1C[C@@H]2CN(Cc3cccc(C)n3)C[C@@H]2C1=O. The quantitative estimate of drug-likeness (QED) is 0.809. The number of hydrogen-bond acceptors (Lipinski definition) is 4. The largest absolute Gasteiger partial charge is 0.383 e. The first-order valence-electron chi connectivity index (χ1n) is 7.60. The summed E-state index contributed by atoms with van der Waals surface area (Å²) in [5, 5.41) is 0. The van der Waals surface area contributed by atoms with Gasteiger partial charge in [0.15, 0.2) is 0 Å². The third kappa shape index (κ3) is 3.09. The van der Waals surface area contributed by atoms with Gasteiger partial charge >= 0.3 is 0 Å². The molecule has 0 spiro atoms. The Kier molecular flexibility index (Phi) is 4.22. The van der Waals surface area contributed by atoms with Crippen LogP contribution in [0, 0.1) is 18.8 Å². The zero-order valence-corrected chi connectivity index (χ0v) is 12.8. The lowest BCUT2D eigenvalue weighted by Gasteiger charge is -2.21. The van der Waals surface area contributed by atoms with Gasteiger partial charge in [0.25, 0.3) is 0 Å². The highest BCUT2D eigenvalue weighted by atomic mass is 16.5. The molecule has 2 aliphatic rings. The van der Waals surface area contributed by atoms with E-state index in [0.717, 1.165) is 44.1 Å². The molecule has 2 atom stereocenters. The number of amides is 1. The molecular weight excluding hydrogens is 266 g/mol. The van der Waals surface area contributed by atoms with Gasteiger partial charge in [0.2, 0.25) is 5.91 Å². The Balaban J connectivity index is 1.57. The molecule has 0 N–H and O–H groups in total. The van der Waals surface area contributed by atoms with Crippen LogP contribution in [0.25, 0.3) is 0 Å². The molecule has 5 nitrogen and oxygen atoms in total. The molecular formula is C16H23N3O2. The van der Waals surface area contributed by atoms with Crippen molar-refractivity contribution in [2.45, 2.75) is 13.5 Å². The van der Waals surface area contributed by atoms with E-state index in [2.05, 4.69) is 16.0 Å². The maximum absolute atomic E-state index is 12.4. The lowest BCUT2D eigenvalue weighted by atomic mass is 10.0. The molecule has 114 valence electrons. The average molecular weight is 289 g/mol. The summed E-state index contributed by atoms with van der Waals surface area (Å²) in [6.07, 6.45) is 0. The van der Waals surface area contributed by atoms with Gasteiger partial charge in [-0.15, -0.1) is 0 Å². The number of aryl methyl sites for hydroxylation is 1. The van der Waals surface area contributed by atoms with Gasteiger partial charge in [-0.2, -0.15) is 0 Å². The van der Waals surface area contributed by atoms with Crippen LogP contribution in [0.5, 0.6) is 0 Å². The summed E-state index contributed by atoms with van der Waals surface area (Å²) >= 11 is 0. The van der Waals surface area contributed by atoms with Crippen molar-refractivity contribution >= 4 is 5.91 Å². The summed E-state index contributed by atoms with van der Waals surface area (Å²) < 4.78 is 5.07. The predicted molar refractivity (Wildman–Crippen MR) is 79.7 cm³/mol. The Morgan fingerprint density at radius 2 is 2.19 bits per heavy atom. The molecule has 0 aliphatic carbocycles. The van der Waals surface area contributed by atoms with Crippen LogP contribution in [0.3, 0.4) is 0 Å². The van der Waals surface area contributed by atoms with Gasteiger partial charge in [0.05, 0.1) is 18.2 Å². The third-order valence-electron chi connectivity index (χ3n) is 4.50. The number of likely N-dealkylation sites (tertiary alicyclic amines) is 2. The molecule has 1 amide bonds. The first-order chi connectivity index (χ1) is 10.2. The third-order valence-corrected chi connectivity index (χ3v) is 4.50. The van der Waals surface area contributed by atoms with Crippen molar-refractivity contribution in [2.24, 2.45) is 11.8 Å². The molecule has 1 aromatic rings. The molecule has 3 rings (SSSR count). The molecule has 0 unspecified atom stereocenters. The lowest BCUT2D eigenvalue weighted by Crippen LogP contribution is -2.34. The van der Waals surface area contributed by atoms with Crippen molar-refractivity contribution in [3.63, 3.8) is 0 Å². The summed E-state index contributed by atoms with van der Waals surface area (Å²) in [6.45, 7) is 6.95. The van der Waals surface area contributed by atoms with Gasteiger partial charge in [0.1, 0.15) is 0 Å². The van der Waals surface area contributed by atoms with Crippen LogP contribution >= 0.6 is 0 Å². The van der Waals surface area contributed by atoms with Crippen molar-refractivity contribution in [3.8, 4) is 0 Å². The summed E-state index contributed by atoms with van der Waals surface area (Å²) in [5.74, 6) is 0.947. The first-order valence-corrected chi connectivity index (χ1v) is 7.60. The fourth-order valence-corrected chi connectivity index (χ4v) is 3.48. The highest BCUT2D eigenvalue weighted by Gasteiger charge is 2.45. The minimum absolute atomic E-state index is 0.173. The van der Waals surface area contributed by atoms with Crippen molar-refractivity contribution in [1.29, 1.82) is 0 Å². The molecule has 0 bridgehead atoms. The maximum Gasteiger partial charge on any atom is 0.227 e. The highest BCUT2D eigenvalue weighted by molar-refractivity contribution is 5.82. The van der Waals surface area contributed by atoms with Crippen molar-refractivity contribution in [3.05, 3.63) is 29.6 Å². The first kappa shape index (κ1) is 14.5. The minimum Gasteiger partial charge on any atom is -0.383 e. The monoisotopic (exact) mass is 289 g/mol. The predicted octanol–water partition coefficient (Wildman–Crippen LogP) is 0.927. The summed E-state index contributed by atoms with van der Waals surface area (Å²) in [7, 11) is 1.68. The van der Waals surface area contributed by atoms with Crippen LogP contribution in [-0.2, 0) is 16.1 Å². The molecule has 2 aliphatic heterocycles. The second-order valence-corrected chi connectivity index (χ2v) is 6.11. The van der Waals surface area contributed by atoms with E-state index < -0.39 is 0 Å². The molecule has 0 aromatic carbocycles. The molecule has 3 heterocycles. The molecule has 1 aromatic heterocycles.